The summed E-state index contributed by atoms with van der Waals surface area (Å²) in [4.78, 5) is 2.66. The Morgan fingerprint density at radius 3 is 2.53 bits per heavy atom. The highest BCUT2D eigenvalue weighted by atomic mass is 15.2. The molecule has 0 aromatic carbocycles. The van der Waals surface area contributed by atoms with Crippen molar-refractivity contribution in [2.75, 3.05) is 26.2 Å². The van der Waals surface area contributed by atoms with Crippen LogP contribution in [0.15, 0.2) is 0 Å². The molecule has 0 saturated carbocycles. The van der Waals surface area contributed by atoms with E-state index in [2.05, 4.69) is 24.1 Å². The van der Waals surface area contributed by atoms with Crippen molar-refractivity contribution in [3.8, 4) is 0 Å². The van der Waals surface area contributed by atoms with Gasteiger partial charge in [-0.2, -0.15) is 0 Å². The highest BCUT2D eigenvalue weighted by Crippen LogP contribution is 2.10. The van der Waals surface area contributed by atoms with E-state index in [9.17, 15) is 0 Å². The van der Waals surface area contributed by atoms with E-state index in [1.165, 1.54) is 64.7 Å². The maximum absolute atomic E-state index is 3.46. The van der Waals surface area contributed by atoms with E-state index in [-0.39, 0.29) is 0 Å². The van der Waals surface area contributed by atoms with E-state index < -0.39 is 0 Å². The van der Waals surface area contributed by atoms with Gasteiger partial charge < -0.3 is 5.32 Å². The summed E-state index contributed by atoms with van der Waals surface area (Å²) in [6.07, 6.45) is 8.36. The van der Waals surface area contributed by atoms with E-state index in [1.54, 1.807) is 0 Å². The molecule has 1 heterocycles. The van der Waals surface area contributed by atoms with Crippen molar-refractivity contribution in [2.24, 2.45) is 0 Å². The summed E-state index contributed by atoms with van der Waals surface area (Å²) in [6.45, 7) is 9.54. The number of nitrogens with one attached hydrogen (secondary N) is 1. The topological polar surface area (TPSA) is 15.3 Å². The first-order valence-corrected chi connectivity index (χ1v) is 6.83. The molecular formula is C13H28N2. The summed E-state index contributed by atoms with van der Waals surface area (Å²) in [5.41, 5.74) is 0. The smallest absolute Gasteiger partial charge is 0.0232 e. The second-order valence-corrected chi connectivity index (χ2v) is 4.69. The molecule has 0 aliphatic carbocycles. The summed E-state index contributed by atoms with van der Waals surface area (Å²) in [5, 5.41) is 3.46. The number of hydrogen-bond donors (Lipinski definition) is 1. The summed E-state index contributed by atoms with van der Waals surface area (Å²) in [7, 11) is 0. The van der Waals surface area contributed by atoms with Crippen LogP contribution in [0.25, 0.3) is 0 Å². The van der Waals surface area contributed by atoms with Crippen molar-refractivity contribution in [3.05, 3.63) is 0 Å². The van der Waals surface area contributed by atoms with Crippen molar-refractivity contribution < 1.29 is 0 Å². The molecule has 0 bridgehead atoms. The minimum atomic E-state index is 0.821. The van der Waals surface area contributed by atoms with E-state index in [0.29, 0.717) is 0 Å². The van der Waals surface area contributed by atoms with E-state index in [1.807, 2.05) is 0 Å². The Kier molecular flexibility index (Phi) is 7.03. The van der Waals surface area contributed by atoms with E-state index in [0.717, 1.165) is 6.04 Å². The van der Waals surface area contributed by atoms with Crippen LogP contribution in [0, 0.1) is 0 Å². The van der Waals surface area contributed by atoms with Gasteiger partial charge in [-0.3, -0.25) is 4.90 Å². The molecule has 15 heavy (non-hydrogen) atoms. The van der Waals surface area contributed by atoms with Crippen LogP contribution >= 0.6 is 0 Å². The SMILES string of the molecule is CCCCCCCN(CC)C1CCNC1. The number of hydrogen-bond acceptors (Lipinski definition) is 2. The van der Waals surface area contributed by atoms with Gasteiger partial charge in [0.05, 0.1) is 0 Å². The monoisotopic (exact) mass is 212 g/mol. The number of unbranched alkanes of at least 4 members (excludes halogenated alkanes) is 4. The quantitative estimate of drug-likeness (QED) is 0.622. The van der Waals surface area contributed by atoms with Crippen molar-refractivity contribution in [1.29, 1.82) is 0 Å². The molecule has 1 aliphatic rings. The molecule has 1 rings (SSSR count). The summed E-state index contributed by atoms with van der Waals surface area (Å²) in [6, 6.07) is 0.821. The summed E-state index contributed by atoms with van der Waals surface area (Å²) >= 11 is 0. The zero-order valence-corrected chi connectivity index (χ0v) is 10.6. The van der Waals surface area contributed by atoms with Gasteiger partial charge in [0.15, 0.2) is 0 Å². The van der Waals surface area contributed by atoms with E-state index >= 15 is 0 Å². The molecule has 0 spiro atoms. The highest BCUT2D eigenvalue weighted by molar-refractivity contribution is 4.79. The molecular weight excluding hydrogens is 184 g/mol. The van der Waals surface area contributed by atoms with Gasteiger partial charge in [0.2, 0.25) is 0 Å². The molecule has 0 amide bonds. The standard InChI is InChI=1S/C13H28N2/c1-3-5-6-7-8-11-15(4-2)13-9-10-14-12-13/h13-14H,3-12H2,1-2H3. The maximum atomic E-state index is 3.46. The van der Waals surface area contributed by atoms with Crippen LogP contribution in [0.5, 0.6) is 0 Å². The van der Waals surface area contributed by atoms with Crippen molar-refractivity contribution >= 4 is 0 Å². The third-order valence-electron chi connectivity index (χ3n) is 3.51. The molecule has 0 radical (unpaired) electrons. The van der Waals surface area contributed by atoms with Crippen LogP contribution in [0.4, 0.5) is 0 Å². The van der Waals surface area contributed by atoms with Gasteiger partial charge in [-0.15, -0.1) is 0 Å². The molecule has 1 aliphatic heterocycles. The predicted molar refractivity (Wildman–Crippen MR) is 67.3 cm³/mol. The zero-order chi connectivity index (χ0) is 10.9. The van der Waals surface area contributed by atoms with Gasteiger partial charge in [-0.05, 0) is 32.5 Å². The van der Waals surface area contributed by atoms with Crippen LogP contribution in [0.3, 0.4) is 0 Å². The highest BCUT2D eigenvalue weighted by Gasteiger charge is 2.19. The largest absolute Gasteiger partial charge is 0.315 e. The average molecular weight is 212 g/mol. The molecule has 0 aromatic heterocycles. The van der Waals surface area contributed by atoms with E-state index in [4.69, 9.17) is 0 Å². The summed E-state index contributed by atoms with van der Waals surface area (Å²) < 4.78 is 0. The Balaban J connectivity index is 2.05. The normalized spacial score (nSPS) is 21.4. The molecule has 1 atom stereocenters. The van der Waals surface area contributed by atoms with Crippen molar-refractivity contribution in [2.45, 2.75) is 58.4 Å². The summed E-state index contributed by atoms with van der Waals surface area (Å²) in [5.74, 6) is 0. The van der Waals surface area contributed by atoms with Gasteiger partial charge in [0, 0.05) is 12.6 Å². The molecule has 2 heteroatoms. The minimum absolute atomic E-state index is 0.821. The minimum Gasteiger partial charge on any atom is -0.315 e. The maximum Gasteiger partial charge on any atom is 0.0232 e. The fourth-order valence-corrected chi connectivity index (χ4v) is 2.47. The lowest BCUT2D eigenvalue weighted by Crippen LogP contribution is -2.37. The fraction of sp³-hybridized carbons (Fsp3) is 1.00. The van der Waals surface area contributed by atoms with Gasteiger partial charge in [-0.1, -0.05) is 39.5 Å². The predicted octanol–water partition coefficient (Wildman–Crippen LogP) is 2.64. The third-order valence-corrected chi connectivity index (χ3v) is 3.51. The molecule has 1 unspecified atom stereocenters. The first-order chi connectivity index (χ1) is 7.38. The first-order valence-electron chi connectivity index (χ1n) is 6.83. The second-order valence-electron chi connectivity index (χ2n) is 4.69. The lowest BCUT2D eigenvalue weighted by Gasteiger charge is -2.26. The first kappa shape index (κ1) is 13.0. The average Bonchev–Trinajstić information content (AvgIpc) is 2.77. The Morgan fingerprint density at radius 1 is 1.13 bits per heavy atom. The fourth-order valence-electron chi connectivity index (χ4n) is 2.47. The van der Waals surface area contributed by atoms with Crippen LogP contribution in [0.1, 0.15) is 52.4 Å². The number of rotatable bonds is 8. The zero-order valence-electron chi connectivity index (χ0n) is 10.6. The van der Waals surface area contributed by atoms with Crippen LogP contribution in [0.2, 0.25) is 0 Å². The lowest BCUT2D eigenvalue weighted by atomic mass is 10.1. The molecule has 0 aromatic rings. The van der Waals surface area contributed by atoms with Crippen LogP contribution in [-0.4, -0.2) is 37.1 Å². The Bertz CT molecular complexity index is 141. The molecule has 1 fully saturated rings. The molecule has 1 N–H and O–H groups in total. The molecule has 2 nitrogen and oxygen atoms in total. The molecule has 1 saturated heterocycles. The van der Waals surface area contributed by atoms with Crippen molar-refractivity contribution in [3.63, 3.8) is 0 Å². The van der Waals surface area contributed by atoms with Crippen LogP contribution in [-0.2, 0) is 0 Å². The Hall–Kier alpha value is -0.0800. The Labute approximate surface area is 95.4 Å². The number of likely N-dealkylation sites (N-methyl/N-ethyl adjacent to an activating group) is 1. The second kappa shape index (κ2) is 8.12. The molecule has 90 valence electrons. The van der Waals surface area contributed by atoms with Crippen molar-refractivity contribution in [1.82, 2.24) is 10.2 Å². The Morgan fingerprint density at radius 2 is 1.93 bits per heavy atom. The van der Waals surface area contributed by atoms with Gasteiger partial charge in [0.1, 0.15) is 0 Å². The number of nitrogens with zero attached hydrogens (tertiary/aromatic N) is 1. The van der Waals surface area contributed by atoms with Crippen LogP contribution < -0.4 is 5.32 Å². The van der Waals surface area contributed by atoms with Gasteiger partial charge in [-0.25, -0.2) is 0 Å². The van der Waals surface area contributed by atoms with Gasteiger partial charge in [0.25, 0.3) is 0 Å². The third kappa shape index (κ3) is 4.98. The lowest BCUT2D eigenvalue weighted by molar-refractivity contribution is 0.214. The van der Waals surface area contributed by atoms with Gasteiger partial charge >= 0.3 is 0 Å².